The zero-order valence-electron chi connectivity index (χ0n) is 10.3. The molecule has 0 spiro atoms. The minimum atomic E-state index is 0.0182. The van der Waals surface area contributed by atoms with E-state index < -0.39 is 0 Å². The number of hydrogen-bond donors (Lipinski definition) is 0. The Morgan fingerprint density at radius 3 is 2.63 bits per heavy atom. The van der Waals surface area contributed by atoms with Crippen LogP contribution in [0.25, 0.3) is 0 Å². The van der Waals surface area contributed by atoms with Crippen LogP contribution in [-0.2, 0) is 0 Å². The molecule has 0 saturated heterocycles. The molecule has 0 aliphatic carbocycles. The maximum absolute atomic E-state index is 12.3. The van der Waals surface area contributed by atoms with Gasteiger partial charge in [-0.1, -0.05) is 6.92 Å². The van der Waals surface area contributed by atoms with Crippen molar-refractivity contribution in [2.45, 2.75) is 13.3 Å². The number of carbonyl (C=O) groups excluding carboxylic acids is 1. The Morgan fingerprint density at radius 1 is 1.26 bits per heavy atom. The molecule has 2 rings (SSSR count). The Hall–Kier alpha value is -0.650. The molecule has 0 bridgehead atoms. The van der Waals surface area contributed by atoms with Crippen LogP contribution in [0.5, 0.6) is 5.75 Å². The molecule has 0 saturated carbocycles. The summed E-state index contributed by atoms with van der Waals surface area (Å²) < 4.78 is 7.33. The molecule has 0 aliphatic rings. The number of ether oxygens (including phenoxy) is 1. The first-order valence-electron chi connectivity index (χ1n) is 5.83. The van der Waals surface area contributed by atoms with E-state index in [1.54, 1.807) is 12.1 Å². The third kappa shape index (κ3) is 3.68. The number of halogens is 2. The van der Waals surface area contributed by atoms with Crippen LogP contribution in [0.15, 0.2) is 37.9 Å². The van der Waals surface area contributed by atoms with Crippen molar-refractivity contribution in [3.63, 3.8) is 0 Å². The van der Waals surface area contributed by atoms with Crippen molar-refractivity contribution in [2.24, 2.45) is 0 Å². The van der Waals surface area contributed by atoms with Gasteiger partial charge in [-0.15, -0.1) is 11.3 Å². The van der Waals surface area contributed by atoms with Crippen LogP contribution in [0.4, 0.5) is 0 Å². The third-order valence-corrected chi connectivity index (χ3v) is 4.61. The molecule has 1 aromatic carbocycles. The molecule has 5 heteroatoms. The van der Waals surface area contributed by atoms with Crippen molar-refractivity contribution < 1.29 is 9.53 Å². The largest absolute Gasteiger partial charge is 0.492 e. The maximum Gasteiger partial charge on any atom is 0.193 e. The standard InChI is InChI=1S/C14H12Br2O2S/c1-2-5-18-12-4-3-9(6-11(12)15)14(17)10-7-13(16)19-8-10/h3-4,6-8H,2,5H2,1H3. The van der Waals surface area contributed by atoms with E-state index in [-0.39, 0.29) is 5.78 Å². The molecule has 1 aromatic heterocycles. The van der Waals surface area contributed by atoms with Gasteiger partial charge < -0.3 is 4.74 Å². The van der Waals surface area contributed by atoms with Gasteiger partial charge in [0.25, 0.3) is 0 Å². The first-order chi connectivity index (χ1) is 9.11. The molecule has 0 aliphatic heterocycles. The molecule has 19 heavy (non-hydrogen) atoms. The summed E-state index contributed by atoms with van der Waals surface area (Å²) in [5, 5.41) is 1.85. The highest BCUT2D eigenvalue weighted by molar-refractivity contribution is 9.11. The zero-order valence-corrected chi connectivity index (χ0v) is 14.3. The first kappa shape index (κ1) is 14.8. The van der Waals surface area contributed by atoms with Gasteiger partial charge in [-0.05, 0) is 62.5 Å². The summed E-state index contributed by atoms with van der Waals surface area (Å²) in [7, 11) is 0. The van der Waals surface area contributed by atoms with E-state index in [4.69, 9.17) is 4.74 Å². The summed E-state index contributed by atoms with van der Waals surface area (Å²) in [6.45, 7) is 2.73. The molecule has 2 aromatic rings. The second-order valence-electron chi connectivity index (χ2n) is 3.96. The normalized spacial score (nSPS) is 10.5. The Labute approximate surface area is 133 Å². The van der Waals surface area contributed by atoms with Gasteiger partial charge in [0, 0.05) is 16.5 Å². The molecule has 0 N–H and O–H groups in total. The molecule has 0 unspecified atom stereocenters. The number of hydrogen-bond acceptors (Lipinski definition) is 3. The van der Waals surface area contributed by atoms with E-state index in [9.17, 15) is 4.79 Å². The molecule has 0 radical (unpaired) electrons. The smallest absolute Gasteiger partial charge is 0.193 e. The van der Waals surface area contributed by atoms with Gasteiger partial charge in [-0.2, -0.15) is 0 Å². The van der Waals surface area contributed by atoms with Crippen LogP contribution in [0.3, 0.4) is 0 Å². The molecule has 2 nitrogen and oxygen atoms in total. The van der Waals surface area contributed by atoms with Gasteiger partial charge in [-0.25, -0.2) is 0 Å². The van der Waals surface area contributed by atoms with Crippen LogP contribution < -0.4 is 4.74 Å². The second-order valence-corrected chi connectivity index (χ2v) is 7.11. The average Bonchev–Trinajstić information content (AvgIpc) is 2.83. The van der Waals surface area contributed by atoms with Crippen molar-refractivity contribution in [1.82, 2.24) is 0 Å². The van der Waals surface area contributed by atoms with Crippen LogP contribution in [0.1, 0.15) is 29.3 Å². The lowest BCUT2D eigenvalue weighted by atomic mass is 10.1. The second kappa shape index (κ2) is 6.68. The first-order valence-corrected chi connectivity index (χ1v) is 8.29. The molecular formula is C14H12Br2O2S. The lowest BCUT2D eigenvalue weighted by molar-refractivity contribution is 0.103. The summed E-state index contributed by atoms with van der Waals surface area (Å²) >= 11 is 8.31. The molecule has 0 atom stereocenters. The van der Waals surface area contributed by atoms with Crippen molar-refractivity contribution in [3.8, 4) is 5.75 Å². The Balaban J connectivity index is 2.22. The fourth-order valence-corrected chi connectivity index (χ4v) is 3.20. The minimum absolute atomic E-state index is 0.0182. The van der Waals surface area contributed by atoms with Crippen molar-refractivity contribution in [3.05, 3.63) is 49.0 Å². The van der Waals surface area contributed by atoms with Gasteiger partial charge in [0.05, 0.1) is 14.9 Å². The van der Waals surface area contributed by atoms with Crippen LogP contribution in [-0.4, -0.2) is 12.4 Å². The van der Waals surface area contributed by atoms with Crippen LogP contribution >= 0.6 is 43.2 Å². The highest BCUT2D eigenvalue weighted by atomic mass is 79.9. The molecular weight excluding hydrogens is 392 g/mol. The van der Waals surface area contributed by atoms with Gasteiger partial charge in [0.1, 0.15) is 5.75 Å². The van der Waals surface area contributed by atoms with Crippen molar-refractivity contribution in [2.75, 3.05) is 6.61 Å². The van der Waals surface area contributed by atoms with E-state index in [0.29, 0.717) is 17.7 Å². The predicted molar refractivity (Wildman–Crippen MR) is 85.4 cm³/mol. The van der Waals surface area contributed by atoms with Gasteiger partial charge in [-0.3, -0.25) is 4.79 Å². The summed E-state index contributed by atoms with van der Waals surface area (Å²) in [4.78, 5) is 12.3. The van der Waals surface area contributed by atoms with E-state index >= 15 is 0 Å². The fraction of sp³-hybridized carbons (Fsp3) is 0.214. The van der Waals surface area contributed by atoms with E-state index in [0.717, 1.165) is 20.4 Å². The highest BCUT2D eigenvalue weighted by Crippen LogP contribution is 2.28. The molecule has 100 valence electrons. The molecule has 0 amide bonds. The summed E-state index contributed by atoms with van der Waals surface area (Å²) in [5.74, 6) is 0.787. The number of benzene rings is 1. The van der Waals surface area contributed by atoms with Crippen molar-refractivity contribution in [1.29, 1.82) is 0 Å². The summed E-state index contributed by atoms with van der Waals surface area (Å²) in [6, 6.07) is 7.26. The summed E-state index contributed by atoms with van der Waals surface area (Å²) in [6.07, 6.45) is 0.954. The van der Waals surface area contributed by atoms with E-state index in [1.165, 1.54) is 11.3 Å². The third-order valence-electron chi connectivity index (χ3n) is 2.49. The quantitative estimate of drug-likeness (QED) is 0.633. The Bertz CT molecular complexity index is 593. The van der Waals surface area contributed by atoms with Crippen molar-refractivity contribution >= 4 is 49.0 Å². The SMILES string of the molecule is CCCOc1ccc(C(=O)c2csc(Br)c2)cc1Br. The van der Waals surface area contributed by atoms with Crippen LogP contribution in [0.2, 0.25) is 0 Å². The number of ketones is 1. The van der Waals surface area contributed by atoms with E-state index in [2.05, 4.69) is 38.8 Å². The highest BCUT2D eigenvalue weighted by Gasteiger charge is 2.13. The molecule has 0 fully saturated rings. The lowest BCUT2D eigenvalue weighted by Gasteiger charge is -2.08. The Kier molecular flexibility index (Phi) is 5.19. The van der Waals surface area contributed by atoms with Gasteiger partial charge in [0.2, 0.25) is 0 Å². The minimum Gasteiger partial charge on any atom is -0.492 e. The Morgan fingerprint density at radius 2 is 2.05 bits per heavy atom. The lowest BCUT2D eigenvalue weighted by Crippen LogP contribution is -2.01. The fourth-order valence-electron chi connectivity index (χ4n) is 1.57. The topological polar surface area (TPSA) is 26.3 Å². The number of thiophene rings is 1. The van der Waals surface area contributed by atoms with Gasteiger partial charge in [0.15, 0.2) is 5.78 Å². The number of rotatable bonds is 5. The predicted octanol–water partition coefficient (Wildman–Crippen LogP) is 5.29. The number of carbonyl (C=O) groups is 1. The van der Waals surface area contributed by atoms with E-state index in [1.807, 2.05) is 17.5 Å². The molecule has 1 heterocycles. The zero-order chi connectivity index (χ0) is 13.8. The maximum atomic E-state index is 12.3. The van der Waals surface area contributed by atoms with Gasteiger partial charge >= 0.3 is 0 Å². The summed E-state index contributed by atoms with van der Waals surface area (Å²) in [5.41, 5.74) is 1.35. The monoisotopic (exact) mass is 402 g/mol. The average molecular weight is 404 g/mol. The van der Waals surface area contributed by atoms with Crippen LogP contribution in [0, 0.1) is 0 Å².